The van der Waals surface area contributed by atoms with Crippen molar-refractivity contribution in [2.24, 2.45) is 0 Å². The summed E-state index contributed by atoms with van der Waals surface area (Å²) < 4.78 is 68.8. The van der Waals surface area contributed by atoms with Crippen LogP contribution in [0.15, 0.2) is 121 Å². The van der Waals surface area contributed by atoms with Crippen LogP contribution in [0.2, 0.25) is 10.0 Å². The van der Waals surface area contributed by atoms with Crippen LogP contribution in [0.4, 0.5) is 17.6 Å². The summed E-state index contributed by atoms with van der Waals surface area (Å²) in [5, 5.41) is 12.0. The minimum atomic E-state index is -1.03. The predicted molar refractivity (Wildman–Crippen MR) is 222 cm³/mol. The van der Waals surface area contributed by atoms with Crippen molar-refractivity contribution >= 4 is 51.5 Å². The third-order valence-corrected chi connectivity index (χ3v) is 9.91. The fraction of sp³-hybridized carbons (Fsp3) is 0.128. The Labute approximate surface area is 352 Å². The van der Waals surface area contributed by atoms with Crippen molar-refractivity contribution in [2.45, 2.75) is 39.9 Å². The molecule has 0 saturated heterocycles. The van der Waals surface area contributed by atoms with Crippen LogP contribution in [-0.4, -0.2) is 27.2 Å². The molecule has 6 aromatic carbocycles. The fourth-order valence-corrected chi connectivity index (χ4v) is 6.78. The van der Waals surface area contributed by atoms with E-state index >= 15 is 0 Å². The second-order valence-corrected chi connectivity index (χ2v) is 14.5. The average molecular weight is 857 g/mol. The summed E-state index contributed by atoms with van der Waals surface area (Å²) in [6, 6.07) is 31.1. The number of hydrogen-bond donors (Lipinski definition) is 1. The van der Waals surface area contributed by atoms with Crippen LogP contribution in [0.5, 0.6) is 11.5 Å². The molecule has 7 nitrogen and oxygen atoms in total. The van der Waals surface area contributed by atoms with Gasteiger partial charge in [-0.1, -0.05) is 59.6 Å². The molecule has 7 rings (SSSR count). The first-order chi connectivity index (χ1) is 28.7. The first-order valence-corrected chi connectivity index (χ1v) is 19.2. The van der Waals surface area contributed by atoms with Gasteiger partial charge in [0.15, 0.2) is 5.78 Å². The number of fused-ring (bicyclic) bond motifs is 1. The van der Waals surface area contributed by atoms with Gasteiger partial charge in [-0.05, 0) is 110 Å². The smallest absolute Gasteiger partial charge is 0.336 e. The van der Waals surface area contributed by atoms with Crippen molar-refractivity contribution < 1.29 is 46.5 Å². The van der Waals surface area contributed by atoms with Crippen molar-refractivity contribution in [1.29, 1.82) is 0 Å². The highest BCUT2D eigenvalue weighted by Gasteiger charge is 2.20. The minimum Gasteiger partial charge on any atom is -0.488 e. The zero-order valence-corrected chi connectivity index (χ0v) is 33.6. The van der Waals surface area contributed by atoms with E-state index in [0.29, 0.717) is 38.1 Å². The Bertz CT molecular complexity index is 2710. The molecule has 1 N–H and O–H groups in total. The van der Waals surface area contributed by atoms with E-state index in [1.807, 2.05) is 41.8 Å². The van der Waals surface area contributed by atoms with Crippen LogP contribution in [0.25, 0.3) is 27.7 Å². The molecule has 0 aliphatic heterocycles. The number of ketones is 2. The lowest BCUT2D eigenvalue weighted by atomic mass is 10.0. The molecular formula is C47H35Cl2F4NO6. The molecule has 60 heavy (non-hydrogen) atoms. The van der Waals surface area contributed by atoms with Crippen molar-refractivity contribution in [3.05, 3.63) is 183 Å². The van der Waals surface area contributed by atoms with E-state index in [1.54, 1.807) is 36.4 Å². The van der Waals surface area contributed by atoms with E-state index in [9.17, 15) is 37.1 Å². The van der Waals surface area contributed by atoms with Crippen molar-refractivity contribution in [3.8, 4) is 28.4 Å². The third-order valence-electron chi connectivity index (χ3n) is 9.44. The van der Waals surface area contributed by atoms with Gasteiger partial charge < -0.3 is 23.9 Å². The van der Waals surface area contributed by atoms with Crippen LogP contribution >= 0.6 is 23.2 Å². The summed E-state index contributed by atoms with van der Waals surface area (Å²) in [4.78, 5) is 35.3. The van der Waals surface area contributed by atoms with Gasteiger partial charge in [-0.3, -0.25) is 4.79 Å². The molecule has 0 bridgehead atoms. The Morgan fingerprint density at radius 1 is 0.633 bits per heavy atom. The van der Waals surface area contributed by atoms with Crippen molar-refractivity contribution in [3.63, 3.8) is 0 Å². The highest BCUT2D eigenvalue weighted by Crippen LogP contribution is 2.37. The van der Waals surface area contributed by atoms with Gasteiger partial charge in [-0.15, -0.1) is 0 Å². The zero-order valence-electron chi connectivity index (χ0n) is 32.1. The molecule has 306 valence electrons. The van der Waals surface area contributed by atoms with Gasteiger partial charge in [-0.25, -0.2) is 22.4 Å². The molecule has 1 aromatic heterocycles. The highest BCUT2D eigenvalue weighted by atomic mass is 35.5. The zero-order chi connectivity index (χ0) is 43.1. The van der Waals surface area contributed by atoms with E-state index in [-0.39, 0.29) is 65.6 Å². The molecule has 0 aliphatic rings. The van der Waals surface area contributed by atoms with Gasteiger partial charge in [0.1, 0.15) is 53.8 Å². The molecule has 13 heteroatoms. The van der Waals surface area contributed by atoms with E-state index < -0.39 is 29.2 Å². The van der Waals surface area contributed by atoms with E-state index in [0.717, 1.165) is 23.2 Å². The normalized spacial score (nSPS) is 10.9. The molecule has 0 unspecified atom stereocenters. The maximum Gasteiger partial charge on any atom is 0.336 e. The van der Waals surface area contributed by atoms with E-state index in [1.165, 1.54) is 49.4 Å². The predicted octanol–water partition coefficient (Wildman–Crippen LogP) is 12.6. The first kappa shape index (κ1) is 43.2. The fourth-order valence-electron chi connectivity index (χ4n) is 6.43. The monoisotopic (exact) mass is 855 g/mol. The average Bonchev–Trinajstić information content (AvgIpc) is 3.60. The number of aryl methyl sites for hydroxylation is 1. The maximum absolute atomic E-state index is 14.2. The lowest BCUT2D eigenvalue weighted by molar-refractivity contribution is -0.117. The SMILES string of the molecule is CC(=O)CCC(=O)c1cc(Cl)ccc1OCc1c(F)cccc1F.Cc1ccc(-c2cc(Cl)ccc2OCc2c(F)cccc2F)n1-c1cc(C(=O)O)c2ccccc2c1. The molecule has 7 aromatic rings. The van der Waals surface area contributed by atoms with Gasteiger partial charge in [0.2, 0.25) is 0 Å². The summed E-state index contributed by atoms with van der Waals surface area (Å²) >= 11 is 12.2. The number of carbonyl (C=O) groups excluding carboxylic acids is 2. The summed E-state index contributed by atoms with van der Waals surface area (Å²) in [6.07, 6.45) is 0.118. The standard InChI is InChI=1S/C29H20ClF2NO3.C18H15ClF2O3/c1-17-9-11-27(33(17)20-13-18-5-2-3-6-21(18)22(15-20)29(34)35)23-14-19(30)10-12-28(23)36-16-24-25(31)7-4-8-26(24)32;1-11(22)5-7-17(23)13-9-12(19)6-8-18(13)24-10-14-15(20)3-2-4-16(14)21/h2-15H,16H2,1H3,(H,34,35);2-4,6,8-9H,5,7,10H2,1H3. The van der Waals surface area contributed by atoms with E-state index in [2.05, 4.69) is 0 Å². The number of hydrogen-bond acceptors (Lipinski definition) is 5. The molecule has 0 saturated carbocycles. The quantitative estimate of drug-likeness (QED) is 0.0917. The summed E-state index contributed by atoms with van der Waals surface area (Å²) in [7, 11) is 0. The topological polar surface area (TPSA) is 94.8 Å². The number of carboxylic acid groups (broad SMARTS) is 1. The third kappa shape index (κ3) is 10.0. The number of nitrogens with zero attached hydrogens (tertiary/aromatic N) is 1. The number of carboxylic acids is 1. The molecule has 1 heterocycles. The van der Waals surface area contributed by atoms with Crippen LogP contribution in [-0.2, 0) is 18.0 Å². The number of Topliss-reactive ketones (excluding diaryl/α,β-unsaturated/α-hetero) is 2. The second-order valence-electron chi connectivity index (χ2n) is 13.6. The first-order valence-electron chi connectivity index (χ1n) is 18.4. The van der Waals surface area contributed by atoms with Crippen molar-refractivity contribution in [2.75, 3.05) is 0 Å². The molecule has 0 atom stereocenters. The maximum atomic E-state index is 14.2. The molecular weight excluding hydrogens is 821 g/mol. The van der Waals surface area contributed by atoms with Gasteiger partial charge in [0.05, 0.1) is 27.9 Å². The molecule has 0 fully saturated rings. The molecule has 0 radical (unpaired) electrons. The number of halogens is 6. The van der Waals surface area contributed by atoms with E-state index in [4.69, 9.17) is 32.7 Å². The number of aromatic nitrogens is 1. The molecule has 0 spiro atoms. The number of aromatic carboxylic acids is 1. The van der Waals surface area contributed by atoms with Crippen molar-refractivity contribution in [1.82, 2.24) is 4.57 Å². The Morgan fingerprint density at radius 3 is 1.80 bits per heavy atom. The lowest BCUT2D eigenvalue weighted by Gasteiger charge is -2.17. The van der Waals surface area contributed by atoms with Gasteiger partial charge >= 0.3 is 5.97 Å². The summed E-state index contributed by atoms with van der Waals surface area (Å²) in [6.45, 7) is 2.61. The van der Waals surface area contributed by atoms with Crippen LogP contribution < -0.4 is 9.47 Å². The molecule has 0 amide bonds. The van der Waals surface area contributed by atoms with Crippen LogP contribution in [0.1, 0.15) is 57.3 Å². The Balaban J connectivity index is 0.000000219. The summed E-state index contributed by atoms with van der Waals surface area (Å²) in [5.41, 5.74) is 2.74. The Kier molecular flexibility index (Phi) is 13.7. The lowest BCUT2D eigenvalue weighted by Crippen LogP contribution is -2.07. The minimum absolute atomic E-state index is 0.0140. The number of ether oxygens (including phenoxy) is 2. The second kappa shape index (κ2) is 19.1. The Hall–Kier alpha value is -6.43. The number of rotatable bonds is 13. The van der Waals surface area contributed by atoms with Gasteiger partial charge in [-0.2, -0.15) is 0 Å². The molecule has 0 aliphatic carbocycles. The van der Waals surface area contributed by atoms with Crippen LogP contribution in [0, 0.1) is 30.2 Å². The van der Waals surface area contributed by atoms with Gasteiger partial charge in [0, 0.05) is 39.8 Å². The van der Waals surface area contributed by atoms with Crippen LogP contribution in [0.3, 0.4) is 0 Å². The largest absolute Gasteiger partial charge is 0.488 e. The number of benzene rings is 6. The number of carbonyl (C=O) groups is 3. The summed E-state index contributed by atoms with van der Waals surface area (Å²) in [5.74, 6) is -3.77. The Morgan fingerprint density at radius 2 is 1.20 bits per heavy atom. The van der Waals surface area contributed by atoms with Gasteiger partial charge in [0.25, 0.3) is 0 Å². The highest BCUT2D eigenvalue weighted by molar-refractivity contribution is 6.31.